The van der Waals surface area contributed by atoms with Crippen LogP contribution in [0, 0.1) is 23.7 Å². The zero-order valence-electron chi connectivity index (χ0n) is 19.2. The van der Waals surface area contributed by atoms with Gasteiger partial charge >= 0.3 is 5.97 Å². The molecule has 0 aromatic carbocycles. The first-order valence-electron chi connectivity index (χ1n) is 12.4. The topological polar surface area (TPSA) is 95.5 Å². The van der Waals surface area contributed by atoms with Crippen molar-refractivity contribution in [1.29, 1.82) is 0 Å². The summed E-state index contributed by atoms with van der Waals surface area (Å²) in [5.41, 5.74) is 0. The lowest BCUT2D eigenvalue weighted by Crippen LogP contribution is -2.41. The number of aliphatic carboxylic acids is 1. The van der Waals surface area contributed by atoms with Crippen LogP contribution in [0.2, 0.25) is 0 Å². The van der Waals surface area contributed by atoms with Crippen molar-refractivity contribution in [1.82, 2.24) is 10.6 Å². The first-order chi connectivity index (χ1) is 15.0. The zero-order valence-corrected chi connectivity index (χ0v) is 19.2. The van der Waals surface area contributed by atoms with E-state index in [2.05, 4.69) is 29.7 Å². The molecule has 176 valence electrons. The van der Waals surface area contributed by atoms with E-state index in [1.807, 2.05) is 0 Å². The molecule has 2 rings (SSSR count). The second-order valence-corrected chi connectivity index (χ2v) is 9.40. The number of carboxylic acids is 1. The first-order valence-corrected chi connectivity index (χ1v) is 12.4. The van der Waals surface area contributed by atoms with E-state index in [-0.39, 0.29) is 24.8 Å². The van der Waals surface area contributed by atoms with E-state index in [1.54, 1.807) is 0 Å². The van der Waals surface area contributed by atoms with Gasteiger partial charge in [0.25, 0.3) is 0 Å². The molecule has 0 heterocycles. The van der Waals surface area contributed by atoms with Crippen LogP contribution in [0.15, 0.2) is 12.2 Å². The van der Waals surface area contributed by atoms with Gasteiger partial charge in [0.05, 0.1) is 6.54 Å². The normalized spacial score (nSPS) is 24.5. The van der Waals surface area contributed by atoms with Gasteiger partial charge in [-0.25, -0.2) is 0 Å². The third-order valence-electron chi connectivity index (χ3n) is 7.10. The molecule has 0 aromatic rings. The minimum absolute atomic E-state index is 0.0301. The molecule has 0 radical (unpaired) electrons. The molecule has 2 aliphatic rings. The molecule has 2 aliphatic carbocycles. The van der Waals surface area contributed by atoms with E-state index >= 15 is 0 Å². The minimum Gasteiger partial charge on any atom is -0.481 e. The summed E-state index contributed by atoms with van der Waals surface area (Å²) in [6.45, 7) is 2.94. The average molecular weight is 435 g/mol. The number of fused-ring (bicyclic) bond motifs is 2. The van der Waals surface area contributed by atoms with Crippen molar-refractivity contribution in [3.05, 3.63) is 12.2 Å². The summed E-state index contributed by atoms with van der Waals surface area (Å²) in [5.74, 6) is 1.72. The molecule has 0 spiro atoms. The summed E-state index contributed by atoms with van der Waals surface area (Å²) in [6.07, 6.45) is 16.9. The van der Waals surface area contributed by atoms with E-state index in [0.717, 1.165) is 31.6 Å². The van der Waals surface area contributed by atoms with Crippen LogP contribution in [0.4, 0.5) is 0 Å². The van der Waals surface area contributed by atoms with Crippen LogP contribution in [0.1, 0.15) is 90.4 Å². The number of hydrogen-bond acceptors (Lipinski definition) is 3. The number of hydrogen-bond donors (Lipinski definition) is 3. The van der Waals surface area contributed by atoms with Crippen molar-refractivity contribution in [2.24, 2.45) is 23.7 Å². The Morgan fingerprint density at radius 2 is 1.61 bits per heavy atom. The third-order valence-corrected chi connectivity index (χ3v) is 7.10. The Morgan fingerprint density at radius 3 is 2.35 bits per heavy atom. The molecule has 6 heteroatoms. The maximum Gasteiger partial charge on any atom is 0.303 e. The molecule has 4 atom stereocenters. The van der Waals surface area contributed by atoms with Crippen molar-refractivity contribution in [3.63, 3.8) is 0 Å². The highest BCUT2D eigenvalue weighted by Crippen LogP contribution is 2.53. The highest BCUT2D eigenvalue weighted by molar-refractivity contribution is 5.84. The van der Waals surface area contributed by atoms with Gasteiger partial charge in [0.1, 0.15) is 0 Å². The molecule has 3 N–H and O–H groups in total. The number of carbonyl (C=O) groups excluding carboxylic acids is 2. The van der Waals surface area contributed by atoms with Gasteiger partial charge in [0.2, 0.25) is 11.8 Å². The fourth-order valence-corrected chi connectivity index (χ4v) is 5.41. The number of carbonyl (C=O) groups is 3. The number of carboxylic acid groups (broad SMARTS) is 1. The van der Waals surface area contributed by atoms with Crippen molar-refractivity contribution in [3.8, 4) is 0 Å². The largest absolute Gasteiger partial charge is 0.481 e. The second kappa shape index (κ2) is 14.3. The van der Waals surface area contributed by atoms with E-state index in [0.29, 0.717) is 37.1 Å². The highest BCUT2D eigenvalue weighted by atomic mass is 16.4. The molecule has 0 aromatic heterocycles. The van der Waals surface area contributed by atoms with Crippen LogP contribution >= 0.6 is 0 Å². The number of unbranched alkanes of at least 4 members (excludes halogenated alkanes) is 5. The summed E-state index contributed by atoms with van der Waals surface area (Å²) >= 11 is 0. The van der Waals surface area contributed by atoms with Gasteiger partial charge in [-0.2, -0.15) is 0 Å². The van der Waals surface area contributed by atoms with Crippen LogP contribution in [0.25, 0.3) is 0 Å². The Morgan fingerprint density at radius 1 is 0.871 bits per heavy atom. The van der Waals surface area contributed by atoms with Gasteiger partial charge < -0.3 is 15.7 Å². The number of rotatable bonds is 16. The lowest BCUT2D eigenvalue weighted by molar-refractivity contribution is -0.137. The number of amides is 2. The Hall–Kier alpha value is -1.85. The van der Waals surface area contributed by atoms with Crippen molar-refractivity contribution in [2.45, 2.75) is 90.4 Å². The summed E-state index contributed by atoms with van der Waals surface area (Å²) in [4.78, 5) is 34.7. The molecule has 31 heavy (non-hydrogen) atoms. The van der Waals surface area contributed by atoms with E-state index in [4.69, 9.17) is 5.11 Å². The standard InChI is InChI=1S/C25H42N2O4/c1-2-3-4-5-9-12-23(28)27-18-24(29)26-17-22-20-15-14-19(16-20)21(22)11-8-6-7-10-13-25(30)31/h6,8,19-22H,2-5,7,9-18H2,1H3,(H,26,29)(H,27,28)(H,30,31)/b8-6-/t19-,20+,21-,22+/m0/s1. The Bertz CT molecular complexity index is 604. The minimum atomic E-state index is -0.736. The van der Waals surface area contributed by atoms with E-state index in [9.17, 15) is 14.4 Å². The van der Waals surface area contributed by atoms with Gasteiger partial charge in [-0.3, -0.25) is 14.4 Å². The molecular weight excluding hydrogens is 392 g/mol. The molecule has 6 nitrogen and oxygen atoms in total. The van der Waals surface area contributed by atoms with Crippen LogP contribution < -0.4 is 10.6 Å². The smallest absolute Gasteiger partial charge is 0.303 e. The van der Waals surface area contributed by atoms with Gasteiger partial charge in [-0.05, 0) is 68.6 Å². The van der Waals surface area contributed by atoms with Gasteiger partial charge in [0.15, 0.2) is 0 Å². The third kappa shape index (κ3) is 9.44. The molecule has 2 fully saturated rings. The monoisotopic (exact) mass is 434 g/mol. The highest BCUT2D eigenvalue weighted by Gasteiger charge is 2.46. The molecule has 0 unspecified atom stereocenters. The Kier molecular flexibility index (Phi) is 11.7. The predicted molar refractivity (Wildman–Crippen MR) is 122 cm³/mol. The average Bonchev–Trinajstić information content (AvgIpc) is 3.34. The fraction of sp³-hybridized carbons (Fsp3) is 0.800. The SMILES string of the molecule is CCCCCCCC(=O)NCC(=O)NC[C@@H]1[C@@H]2CC[C@@H](C2)[C@@H]1C/C=C\CCCC(=O)O. The van der Waals surface area contributed by atoms with Gasteiger partial charge in [0, 0.05) is 19.4 Å². The summed E-state index contributed by atoms with van der Waals surface area (Å²) in [6, 6.07) is 0. The molecule has 2 amide bonds. The lowest BCUT2D eigenvalue weighted by atomic mass is 9.77. The summed E-state index contributed by atoms with van der Waals surface area (Å²) < 4.78 is 0. The second-order valence-electron chi connectivity index (χ2n) is 9.40. The quantitative estimate of drug-likeness (QED) is 0.247. The van der Waals surface area contributed by atoms with Crippen LogP contribution in [-0.4, -0.2) is 36.0 Å². The fourth-order valence-electron chi connectivity index (χ4n) is 5.41. The Balaban J connectivity index is 1.63. The van der Waals surface area contributed by atoms with Gasteiger partial charge in [-0.15, -0.1) is 0 Å². The summed E-state index contributed by atoms with van der Waals surface area (Å²) in [5, 5.41) is 14.5. The molecular formula is C25H42N2O4. The zero-order chi connectivity index (χ0) is 22.5. The Labute approximate surface area is 187 Å². The van der Waals surface area contributed by atoms with Gasteiger partial charge in [-0.1, -0.05) is 44.8 Å². The van der Waals surface area contributed by atoms with E-state index < -0.39 is 5.97 Å². The van der Waals surface area contributed by atoms with Crippen LogP contribution in [0.5, 0.6) is 0 Å². The van der Waals surface area contributed by atoms with Crippen LogP contribution in [-0.2, 0) is 14.4 Å². The summed E-state index contributed by atoms with van der Waals surface area (Å²) in [7, 11) is 0. The predicted octanol–water partition coefficient (Wildman–Crippen LogP) is 4.44. The molecule has 0 aliphatic heterocycles. The lowest BCUT2D eigenvalue weighted by Gasteiger charge is -2.30. The van der Waals surface area contributed by atoms with Crippen molar-refractivity contribution >= 4 is 17.8 Å². The maximum atomic E-state index is 12.2. The van der Waals surface area contributed by atoms with E-state index in [1.165, 1.54) is 38.5 Å². The number of nitrogens with one attached hydrogen (secondary N) is 2. The van der Waals surface area contributed by atoms with Crippen LogP contribution in [0.3, 0.4) is 0 Å². The number of allylic oxidation sites excluding steroid dienone is 2. The van der Waals surface area contributed by atoms with Crippen molar-refractivity contribution < 1.29 is 19.5 Å². The van der Waals surface area contributed by atoms with Crippen molar-refractivity contribution in [2.75, 3.05) is 13.1 Å². The molecule has 2 saturated carbocycles. The molecule has 0 saturated heterocycles. The molecule has 2 bridgehead atoms. The maximum absolute atomic E-state index is 12.2. The first kappa shape index (κ1) is 25.4.